The summed E-state index contributed by atoms with van der Waals surface area (Å²) in [5.41, 5.74) is 0.655. The first-order valence-electron chi connectivity index (χ1n) is 9.35. The Balaban J connectivity index is 0.00000243. The number of halogens is 1. The van der Waals surface area contributed by atoms with E-state index in [9.17, 15) is 4.79 Å². The lowest BCUT2D eigenvalue weighted by atomic mass is 9.86. The number of nitrogens with one attached hydrogen (secondary N) is 1. The first-order valence-corrected chi connectivity index (χ1v) is 9.35. The maximum atomic E-state index is 13.0. The van der Waals surface area contributed by atoms with E-state index >= 15 is 0 Å². The van der Waals surface area contributed by atoms with E-state index < -0.39 is 5.60 Å². The summed E-state index contributed by atoms with van der Waals surface area (Å²) in [6.07, 6.45) is 4.64. The molecule has 1 aromatic carbocycles. The summed E-state index contributed by atoms with van der Waals surface area (Å²) >= 11 is 0. The molecule has 1 aromatic rings. The Kier molecular flexibility index (Phi) is 7.74. The Morgan fingerprint density at radius 3 is 2.46 bits per heavy atom. The minimum absolute atomic E-state index is 0. The zero-order valence-electron chi connectivity index (χ0n) is 15.8. The molecule has 2 fully saturated rings. The van der Waals surface area contributed by atoms with E-state index in [1.54, 1.807) is 14.2 Å². The Labute approximate surface area is 162 Å². The van der Waals surface area contributed by atoms with Gasteiger partial charge in [-0.2, -0.15) is 0 Å². The lowest BCUT2D eigenvalue weighted by molar-refractivity contribution is -0.159. The highest BCUT2D eigenvalue weighted by atomic mass is 35.5. The van der Waals surface area contributed by atoms with E-state index in [0.717, 1.165) is 64.0 Å². The highest BCUT2D eigenvalue weighted by molar-refractivity contribution is 5.86. The Morgan fingerprint density at radius 1 is 1.19 bits per heavy atom. The van der Waals surface area contributed by atoms with Gasteiger partial charge < -0.3 is 19.7 Å². The Bertz CT molecular complexity index is 582. The van der Waals surface area contributed by atoms with Gasteiger partial charge in [-0.05, 0) is 62.7 Å². The summed E-state index contributed by atoms with van der Waals surface area (Å²) < 4.78 is 11.2. The van der Waals surface area contributed by atoms with Crippen LogP contribution in [0.2, 0.25) is 0 Å². The average molecular weight is 383 g/mol. The number of piperidine rings is 2. The van der Waals surface area contributed by atoms with Gasteiger partial charge in [0.1, 0.15) is 11.4 Å². The van der Waals surface area contributed by atoms with Crippen molar-refractivity contribution in [1.29, 1.82) is 0 Å². The second kappa shape index (κ2) is 9.58. The van der Waals surface area contributed by atoms with Gasteiger partial charge in [0, 0.05) is 20.2 Å². The first-order chi connectivity index (χ1) is 12.2. The molecule has 146 valence electrons. The summed E-state index contributed by atoms with van der Waals surface area (Å²) in [5.74, 6) is 1.76. The van der Waals surface area contributed by atoms with Crippen molar-refractivity contribution in [2.45, 2.75) is 37.7 Å². The average Bonchev–Trinajstić information content (AvgIpc) is 2.69. The van der Waals surface area contributed by atoms with Crippen LogP contribution in [0.1, 0.15) is 31.2 Å². The van der Waals surface area contributed by atoms with Crippen molar-refractivity contribution in [3.8, 4) is 5.75 Å². The third kappa shape index (κ3) is 4.51. The summed E-state index contributed by atoms with van der Waals surface area (Å²) in [7, 11) is 3.40. The molecule has 3 rings (SSSR count). The predicted octanol–water partition coefficient (Wildman–Crippen LogP) is 2.67. The number of carbonyl (C=O) groups is 1. The van der Waals surface area contributed by atoms with E-state index in [1.165, 1.54) is 5.56 Å². The molecule has 0 unspecified atom stereocenters. The summed E-state index contributed by atoms with van der Waals surface area (Å²) in [6, 6.07) is 8.24. The van der Waals surface area contributed by atoms with Crippen LogP contribution in [0.15, 0.2) is 24.3 Å². The molecule has 2 saturated heterocycles. The Morgan fingerprint density at radius 2 is 1.85 bits per heavy atom. The Hall–Kier alpha value is -1.30. The molecule has 0 radical (unpaired) electrons. The van der Waals surface area contributed by atoms with Crippen molar-refractivity contribution in [3.05, 3.63) is 29.8 Å². The molecule has 2 aliphatic rings. The molecule has 0 spiro atoms. The molecule has 6 heteroatoms. The minimum atomic E-state index is -0.610. The second-order valence-electron chi connectivity index (χ2n) is 7.20. The first kappa shape index (κ1) is 21.0. The molecule has 0 aliphatic carbocycles. The third-order valence-electron chi connectivity index (χ3n) is 5.79. The molecule has 1 N–H and O–H groups in total. The van der Waals surface area contributed by atoms with Gasteiger partial charge >= 0.3 is 0 Å². The topological polar surface area (TPSA) is 50.8 Å². The monoisotopic (exact) mass is 382 g/mol. The van der Waals surface area contributed by atoms with Crippen molar-refractivity contribution in [2.24, 2.45) is 5.92 Å². The van der Waals surface area contributed by atoms with Gasteiger partial charge in [0.05, 0.1) is 7.11 Å². The molecule has 2 aliphatic heterocycles. The molecule has 0 atom stereocenters. The summed E-state index contributed by atoms with van der Waals surface area (Å²) in [4.78, 5) is 15.0. The summed E-state index contributed by atoms with van der Waals surface area (Å²) in [6.45, 7) is 3.36. The summed E-state index contributed by atoms with van der Waals surface area (Å²) in [5, 5.41) is 3.31. The molecule has 0 aromatic heterocycles. The maximum Gasteiger partial charge on any atom is 0.254 e. The number of carbonyl (C=O) groups excluding carboxylic acids is 1. The standard InChI is InChI=1S/C20H30N2O3.ClH/c1-24-18-6-4-3-5-17(18)15-16-7-13-22(14-8-16)19(23)20(25-2)9-11-21-12-10-20;/h3-6,16,21H,7-15H2,1-2H3;1H. The van der Waals surface area contributed by atoms with Gasteiger partial charge in [-0.25, -0.2) is 0 Å². The fourth-order valence-corrected chi connectivity index (χ4v) is 4.15. The smallest absolute Gasteiger partial charge is 0.254 e. The number of ether oxygens (including phenoxy) is 2. The van der Waals surface area contributed by atoms with Crippen molar-refractivity contribution < 1.29 is 14.3 Å². The zero-order valence-corrected chi connectivity index (χ0v) is 16.6. The van der Waals surface area contributed by atoms with Gasteiger partial charge in [0.2, 0.25) is 0 Å². The van der Waals surface area contributed by atoms with E-state index in [4.69, 9.17) is 9.47 Å². The molecule has 5 nitrogen and oxygen atoms in total. The van der Waals surface area contributed by atoms with E-state index in [2.05, 4.69) is 17.4 Å². The SMILES string of the molecule is COc1ccccc1CC1CCN(C(=O)C2(OC)CCNCC2)CC1.Cl. The fourth-order valence-electron chi connectivity index (χ4n) is 4.15. The van der Waals surface area contributed by atoms with Crippen LogP contribution in [0.25, 0.3) is 0 Å². The van der Waals surface area contributed by atoms with Crippen LogP contribution < -0.4 is 10.1 Å². The number of rotatable bonds is 5. The number of likely N-dealkylation sites (tertiary alicyclic amines) is 1. The van der Waals surface area contributed by atoms with Crippen molar-refractivity contribution >= 4 is 18.3 Å². The van der Waals surface area contributed by atoms with Crippen LogP contribution in [0.5, 0.6) is 5.75 Å². The van der Waals surface area contributed by atoms with Crippen molar-refractivity contribution in [2.75, 3.05) is 40.4 Å². The van der Waals surface area contributed by atoms with Gasteiger partial charge in [0.25, 0.3) is 5.91 Å². The van der Waals surface area contributed by atoms with Crippen LogP contribution in [0.4, 0.5) is 0 Å². The highest BCUT2D eigenvalue weighted by Crippen LogP contribution is 2.30. The molecular formula is C20H31ClN2O3. The van der Waals surface area contributed by atoms with E-state index in [1.807, 2.05) is 17.0 Å². The highest BCUT2D eigenvalue weighted by Gasteiger charge is 2.43. The lowest BCUT2D eigenvalue weighted by Crippen LogP contribution is -2.56. The minimum Gasteiger partial charge on any atom is -0.496 e. The van der Waals surface area contributed by atoms with E-state index in [0.29, 0.717) is 5.92 Å². The van der Waals surface area contributed by atoms with Gasteiger partial charge in [-0.1, -0.05) is 18.2 Å². The van der Waals surface area contributed by atoms with Crippen molar-refractivity contribution in [3.63, 3.8) is 0 Å². The van der Waals surface area contributed by atoms with Crippen LogP contribution >= 0.6 is 12.4 Å². The number of para-hydroxylation sites is 1. The number of hydrogen-bond acceptors (Lipinski definition) is 4. The maximum absolute atomic E-state index is 13.0. The fraction of sp³-hybridized carbons (Fsp3) is 0.650. The molecule has 0 bridgehead atoms. The van der Waals surface area contributed by atoms with Crippen LogP contribution in [0.3, 0.4) is 0 Å². The number of amides is 1. The lowest BCUT2D eigenvalue weighted by Gasteiger charge is -2.41. The quantitative estimate of drug-likeness (QED) is 0.850. The third-order valence-corrected chi connectivity index (χ3v) is 5.79. The largest absolute Gasteiger partial charge is 0.496 e. The molecule has 0 saturated carbocycles. The van der Waals surface area contributed by atoms with Crippen LogP contribution in [0, 0.1) is 5.92 Å². The number of hydrogen-bond donors (Lipinski definition) is 1. The number of nitrogens with zero attached hydrogens (tertiary/aromatic N) is 1. The molecule has 26 heavy (non-hydrogen) atoms. The van der Waals surface area contributed by atoms with Gasteiger partial charge in [0.15, 0.2) is 0 Å². The van der Waals surface area contributed by atoms with Gasteiger partial charge in [-0.3, -0.25) is 4.79 Å². The predicted molar refractivity (Wildman–Crippen MR) is 105 cm³/mol. The zero-order chi connectivity index (χ0) is 17.7. The van der Waals surface area contributed by atoms with Crippen LogP contribution in [-0.4, -0.2) is 56.8 Å². The van der Waals surface area contributed by atoms with Crippen LogP contribution in [-0.2, 0) is 16.0 Å². The van der Waals surface area contributed by atoms with Crippen molar-refractivity contribution in [1.82, 2.24) is 10.2 Å². The van der Waals surface area contributed by atoms with E-state index in [-0.39, 0.29) is 18.3 Å². The number of methoxy groups -OCH3 is 2. The normalized spacial score (nSPS) is 20.3. The second-order valence-corrected chi connectivity index (χ2v) is 7.20. The number of benzene rings is 1. The molecule has 2 heterocycles. The molecule has 1 amide bonds. The molecular weight excluding hydrogens is 352 g/mol. The van der Waals surface area contributed by atoms with Gasteiger partial charge in [-0.15, -0.1) is 12.4 Å².